The van der Waals surface area contributed by atoms with Crippen LogP contribution in [0.3, 0.4) is 0 Å². The number of hydrogen-bond acceptors (Lipinski definition) is 6. The lowest BCUT2D eigenvalue weighted by atomic mass is 10.1. The Morgan fingerprint density at radius 2 is 2.04 bits per heavy atom. The lowest BCUT2D eigenvalue weighted by Crippen LogP contribution is -2.36. The van der Waals surface area contributed by atoms with Crippen molar-refractivity contribution in [1.82, 2.24) is 29.2 Å². The van der Waals surface area contributed by atoms with Gasteiger partial charge in [0.15, 0.2) is 0 Å². The first-order valence-electron chi connectivity index (χ1n) is 8.35. The van der Waals surface area contributed by atoms with Crippen LogP contribution in [0, 0.1) is 0 Å². The van der Waals surface area contributed by atoms with E-state index < -0.39 is 15.9 Å². The van der Waals surface area contributed by atoms with E-state index in [1.807, 2.05) is 13.8 Å². The molecule has 1 saturated heterocycles. The van der Waals surface area contributed by atoms with E-state index in [-0.39, 0.29) is 23.9 Å². The van der Waals surface area contributed by atoms with E-state index >= 15 is 0 Å². The maximum atomic E-state index is 12.4. The fourth-order valence-corrected chi connectivity index (χ4v) is 4.27. The number of aromatic nitrogens is 4. The molecule has 0 atom stereocenters. The highest BCUT2D eigenvalue weighted by Crippen LogP contribution is 2.16. The summed E-state index contributed by atoms with van der Waals surface area (Å²) < 4.78 is 27.4. The number of carbonyl (C=O) groups is 1. The molecule has 0 saturated carbocycles. The summed E-state index contributed by atoms with van der Waals surface area (Å²) >= 11 is 0. The maximum absolute atomic E-state index is 12.4. The van der Waals surface area contributed by atoms with Crippen LogP contribution >= 0.6 is 0 Å². The van der Waals surface area contributed by atoms with E-state index in [4.69, 9.17) is 0 Å². The molecule has 1 N–H and O–H groups in total. The molecule has 0 aliphatic carbocycles. The fourth-order valence-electron chi connectivity index (χ4n) is 2.84. The number of sulfonamides is 1. The van der Waals surface area contributed by atoms with Crippen LogP contribution in [-0.2, 0) is 10.0 Å². The first kappa shape index (κ1) is 17.7. The molecular formula is C15H22N6O3S. The Bertz CT molecular complexity index is 871. The van der Waals surface area contributed by atoms with Crippen molar-refractivity contribution in [3.8, 4) is 0 Å². The van der Waals surface area contributed by atoms with Gasteiger partial charge < -0.3 is 5.32 Å². The SMILES string of the molecule is CC(C)c1cc(C(=O)NCCS(=O)(=O)N2CCCC2)nc2ncnn12. The Kier molecular flexibility index (Phi) is 5.00. The third-order valence-electron chi connectivity index (χ3n) is 4.21. The minimum atomic E-state index is -3.31. The largest absolute Gasteiger partial charge is 0.350 e. The molecule has 0 bridgehead atoms. The third-order valence-corrected chi connectivity index (χ3v) is 6.08. The normalized spacial score (nSPS) is 16.0. The molecule has 1 aliphatic rings. The first-order chi connectivity index (χ1) is 11.9. The molecule has 1 amide bonds. The summed E-state index contributed by atoms with van der Waals surface area (Å²) in [5, 5.41) is 6.74. The monoisotopic (exact) mass is 366 g/mol. The maximum Gasteiger partial charge on any atom is 0.270 e. The smallest absolute Gasteiger partial charge is 0.270 e. The molecule has 2 aromatic rings. The van der Waals surface area contributed by atoms with Gasteiger partial charge in [0, 0.05) is 19.6 Å². The molecule has 136 valence electrons. The number of carbonyl (C=O) groups excluding carboxylic acids is 1. The van der Waals surface area contributed by atoms with Gasteiger partial charge in [-0.3, -0.25) is 4.79 Å². The van der Waals surface area contributed by atoms with Gasteiger partial charge in [0.05, 0.1) is 11.4 Å². The number of amides is 1. The predicted molar refractivity (Wildman–Crippen MR) is 91.8 cm³/mol. The third kappa shape index (κ3) is 3.79. The second kappa shape index (κ2) is 7.04. The van der Waals surface area contributed by atoms with E-state index in [2.05, 4.69) is 20.4 Å². The van der Waals surface area contributed by atoms with Gasteiger partial charge in [-0.05, 0) is 24.8 Å². The highest BCUT2D eigenvalue weighted by atomic mass is 32.2. The fraction of sp³-hybridized carbons (Fsp3) is 0.600. The van der Waals surface area contributed by atoms with Gasteiger partial charge >= 0.3 is 0 Å². The van der Waals surface area contributed by atoms with Gasteiger partial charge in [0.2, 0.25) is 10.0 Å². The van der Waals surface area contributed by atoms with Crippen LogP contribution in [0.25, 0.3) is 5.78 Å². The number of rotatable bonds is 6. The summed E-state index contributed by atoms with van der Waals surface area (Å²) in [5.74, 6) is -0.0393. The van der Waals surface area contributed by atoms with Crippen molar-refractivity contribution in [2.24, 2.45) is 0 Å². The zero-order valence-electron chi connectivity index (χ0n) is 14.3. The van der Waals surface area contributed by atoms with Crippen molar-refractivity contribution in [1.29, 1.82) is 0 Å². The molecule has 0 aromatic carbocycles. The second-order valence-electron chi connectivity index (χ2n) is 6.37. The number of nitrogens with one attached hydrogen (secondary N) is 1. The van der Waals surface area contributed by atoms with Crippen LogP contribution in [0.5, 0.6) is 0 Å². The van der Waals surface area contributed by atoms with Gasteiger partial charge in [-0.25, -0.2) is 22.2 Å². The summed E-state index contributed by atoms with van der Waals surface area (Å²) in [7, 11) is -3.31. The van der Waals surface area contributed by atoms with Crippen molar-refractivity contribution in [2.75, 3.05) is 25.4 Å². The topological polar surface area (TPSA) is 110 Å². The molecule has 9 nitrogen and oxygen atoms in total. The standard InChI is InChI=1S/C15H22N6O3S/c1-11(2)13-9-12(19-15-17-10-18-21(13)15)14(22)16-5-8-25(23,24)20-6-3-4-7-20/h9-11H,3-8H2,1-2H3,(H,16,22). The first-order valence-corrected chi connectivity index (χ1v) is 9.96. The van der Waals surface area contributed by atoms with E-state index in [1.165, 1.54) is 10.6 Å². The molecule has 0 unspecified atom stereocenters. The van der Waals surface area contributed by atoms with Crippen molar-refractivity contribution in [2.45, 2.75) is 32.6 Å². The molecular weight excluding hydrogens is 344 g/mol. The molecule has 1 fully saturated rings. The summed E-state index contributed by atoms with van der Waals surface area (Å²) in [5.41, 5.74) is 1.03. The highest BCUT2D eigenvalue weighted by Gasteiger charge is 2.25. The Balaban J connectivity index is 1.68. The second-order valence-corrected chi connectivity index (χ2v) is 8.46. The van der Waals surface area contributed by atoms with E-state index in [9.17, 15) is 13.2 Å². The lowest BCUT2D eigenvalue weighted by Gasteiger charge is -2.15. The zero-order valence-corrected chi connectivity index (χ0v) is 15.2. The quantitative estimate of drug-likeness (QED) is 0.793. The molecule has 10 heteroatoms. The van der Waals surface area contributed by atoms with Crippen molar-refractivity contribution in [3.63, 3.8) is 0 Å². The molecule has 0 spiro atoms. The van der Waals surface area contributed by atoms with Gasteiger partial charge in [-0.1, -0.05) is 13.8 Å². The minimum Gasteiger partial charge on any atom is -0.350 e. The predicted octanol–water partition coefficient (Wildman–Crippen LogP) is 0.403. The molecule has 1 aliphatic heterocycles. The Morgan fingerprint density at radius 1 is 1.32 bits per heavy atom. The lowest BCUT2D eigenvalue weighted by molar-refractivity contribution is 0.0951. The van der Waals surface area contributed by atoms with Gasteiger partial charge in [0.1, 0.15) is 12.0 Å². The molecule has 3 heterocycles. The number of hydrogen-bond donors (Lipinski definition) is 1. The van der Waals surface area contributed by atoms with Crippen LogP contribution in [0.4, 0.5) is 0 Å². The average Bonchev–Trinajstić information content (AvgIpc) is 3.24. The average molecular weight is 366 g/mol. The number of fused-ring (bicyclic) bond motifs is 1. The molecule has 25 heavy (non-hydrogen) atoms. The summed E-state index contributed by atoms with van der Waals surface area (Å²) in [6.45, 7) is 5.16. The van der Waals surface area contributed by atoms with Crippen molar-refractivity contribution < 1.29 is 13.2 Å². The van der Waals surface area contributed by atoms with E-state index in [0.29, 0.717) is 18.9 Å². The van der Waals surface area contributed by atoms with E-state index in [0.717, 1.165) is 18.5 Å². The van der Waals surface area contributed by atoms with Crippen LogP contribution in [0.15, 0.2) is 12.4 Å². The van der Waals surface area contributed by atoms with Gasteiger partial charge in [-0.15, -0.1) is 0 Å². The zero-order chi connectivity index (χ0) is 18.0. The van der Waals surface area contributed by atoms with Crippen LogP contribution in [-0.4, -0.2) is 63.6 Å². The molecule has 2 aromatic heterocycles. The van der Waals surface area contributed by atoms with E-state index in [1.54, 1.807) is 10.6 Å². The summed E-state index contributed by atoms with van der Waals surface area (Å²) in [4.78, 5) is 20.6. The Hall–Kier alpha value is -2.07. The Morgan fingerprint density at radius 3 is 2.72 bits per heavy atom. The van der Waals surface area contributed by atoms with Crippen molar-refractivity contribution in [3.05, 3.63) is 23.8 Å². The van der Waals surface area contributed by atoms with Crippen LogP contribution in [0.1, 0.15) is 48.8 Å². The minimum absolute atomic E-state index is 0.0498. The van der Waals surface area contributed by atoms with Crippen LogP contribution < -0.4 is 5.32 Å². The Labute approximate surface area is 146 Å². The highest BCUT2D eigenvalue weighted by molar-refractivity contribution is 7.89. The summed E-state index contributed by atoms with van der Waals surface area (Å²) in [6.07, 6.45) is 3.18. The number of nitrogens with zero attached hydrogens (tertiary/aromatic N) is 5. The molecule has 0 radical (unpaired) electrons. The van der Waals surface area contributed by atoms with Crippen molar-refractivity contribution >= 4 is 21.7 Å². The van der Waals surface area contributed by atoms with Gasteiger partial charge in [-0.2, -0.15) is 10.1 Å². The van der Waals surface area contributed by atoms with Gasteiger partial charge in [0.25, 0.3) is 11.7 Å². The van der Waals surface area contributed by atoms with Crippen LogP contribution in [0.2, 0.25) is 0 Å². The molecule has 3 rings (SSSR count). The summed E-state index contributed by atoms with van der Waals surface area (Å²) in [6, 6.07) is 1.66.